The van der Waals surface area contributed by atoms with Crippen molar-refractivity contribution in [3.05, 3.63) is 62.1 Å². The molecule has 0 heterocycles. The van der Waals surface area contributed by atoms with Crippen LogP contribution < -0.4 is 10.1 Å². The van der Waals surface area contributed by atoms with Crippen molar-refractivity contribution in [1.82, 2.24) is 10.2 Å². The van der Waals surface area contributed by atoms with E-state index in [0.717, 1.165) is 0 Å². The first-order chi connectivity index (χ1) is 14.6. The second-order valence-electron chi connectivity index (χ2n) is 7.17. The molecule has 2 aromatic carbocycles. The molecular weight excluding hydrogens is 482 g/mol. The van der Waals surface area contributed by atoms with Gasteiger partial charge in [0.25, 0.3) is 5.91 Å². The van der Waals surface area contributed by atoms with Crippen molar-refractivity contribution in [2.24, 2.45) is 0 Å². The highest BCUT2D eigenvalue weighted by molar-refractivity contribution is 6.36. The molecule has 0 saturated carbocycles. The lowest BCUT2D eigenvalue weighted by molar-refractivity contribution is -0.143. The maximum atomic E-state index is 13.2. The van der Waals surface area contributed by atoms with E-state index in [9.17, 15) is 9.59 Å². The lowest BCUT2D eigenvalue weighted by atomic mass is 10.1. The van der Waals surface area contributed by atoms with Crippen molar-refractivity contribution >= 4 is 58.2 Å². The van der Waals surface area contributed by atoms with Gasteiger partial charge in [0.05, 0.1) is 5.02 Å². The van der Waals surface area contributed by atoms with E-state index in [0.29, 0.717) is 32.8 Å². The molecule has 0 spiro atoms. The van der Waals surface area contributed by atoms with Crippen LogP contribution in [0.4, 0.5) is 0 Å². The first-order valence-corrected chi connectivity index (χ1v) is 11.3. The van der Waals surface area contributed by atoms with Gasteiger partial charge in [0, 0.05) is 33.2 Å². The molecule has 31 heavy (non-hydrogen) atoms. The summed E-state index contributed by atoms with van der Waals surface area (Å²) < 4.78 is 5.61. The molecule has 1 atom stereocenters. The van der Waals surface area contributed by atoms with Gasteiger partial charge in [0.1, 0.15) is 11.8 Å². The molecule has 0 fully saturated rings. The lowest BCUT2D eigenvalue weighted by Gasteiger charge is -2.31. The zero-order chi connectivity index (χ0) is 23.1. The fourth-order valence-electron chi connectivity index (χ4n) is 2.97. The van der Waals surface area contributed by atoms with Gasteiger partial charge in [-0.25, -0.2) is 0 Å². The maximum absolute atomic E-state index is 13.2. The van der Waals surface area contributed by atoms with Gasteiger partial charge in [-0.3, -0.25) is 9.59 Å². The summed E-state index contributed by atoms with van der Waals surface area (Å²) >= 11 is 24.7. The van der Waals surface area contributed by atoms with Gasteiger partial charge >= 0.3 is 0 Å². The zero-order valence-corrected chi connectivity index (χ0v) is 20.4. The van der Waals surface area contributed by atoms with Gasteiger partial charge in [-0.1, -0.05) is 59.4 Å². The van der Waals surface area contributed by atoms with Gasteiger partial charge in [0.2, 0.25) is 5.91 Å². The number of rotatable bonds is 9. The highest BCUT2D eigenvalue weighted by Gasteiger charge is 2.30. The van der Waals surface area contributed by atoms with E-state index in [4.69, 9.17) is 51.1 Å². The average Bonchev–Trinajstić information content (AvgIpc) is 2.68. The first kappa shape index (κ1) is 25.6. The summed E-state index contributed by atoms with van der Waals surface area (Å²) in [6, 6.07) is 8.99. The highest BCUT2D eigenvalue weighted by atomic mass is 35.5. The summed E-state index contributed by atoms with van der Waals surface area (Å²) in [5.74, 6) is -0.360. The average molecular weight is 506 g/mol. The standard InChI is InChI=1S/C22H24Cl4N2O3/c1-4-19(22(30)27-13(2)3)28(11-15-16(24)6-5-7-17(15)25)21(29)12-31-20-9-8-14(23)10-18(20)26/h5-10,13,19H,4,11-12H2,1-3H3,(H,27,30)/t19-/m1/s1. The normalized spacial score (nSPS) is 11.9. The monoisotopic (exact) mass is 504 g/mol. The predicted molar refractivity (Wildman–Crippen MR) is 126 cm³/mol. The summed E-state index contributed by atoms with van der Waals surface area (Å²) in [5.41, 5.74) is 0.555. The molecule has 0 saturated heterocycles. The van der Waals surface area contributed by atoms with Crippen LogP contribution in [0.15, 0.2) is 36.4 Å². The first-order valence-electron chi connectivity index (χ1n) is 9.74. The maximum Gasteiger partial charge on any atom is 0.261 e. The van der Waals surface area contributed by atoms with Crippen molar-refractivity contribution < 1.29 is 14.3 Å². The molecule has 0 aliphatic carbocycles. The molecular formula is C22H24Cl4N2O3. The number of carbonyl (C=O) groups is 2. The Bertz CT molecular complexity index is 917. The zero-order valence-electron chi connectivity index (χ0n) is 17.4. The molecule has 0 unspecified atom stereocenters. The van der Waals surface area contributed by atoms with Crippen LogP contribution in [-0.2, 0) is 16.1 Å². The third-order valence-electron chi connectivity index (χ3n) is 4.45. The molecule has 168 valence electrons. The van der Waals surface area contributed by atoms with Crippen LogP contribution >= 0.6 is 46.4 Å². The van der Waals surface area contributed by atoms with E-state index in [-0.39, 0.29) is 30.1 Å². The summed E-state index contributed by atoms with van der Waals surface area (Å²) in [7, 11) is 0. The number of ether oxygens (including phenoxy) is 1. The minimum absolute atomic E-state index is 0.0546. The van der Waals surface area contributed by atoms with E-state index < -0.39 is 11.9 Å². The Hall–Kier alpha value is -1.66. The fraction of sp³-hybridized carbons (Fsp3) is 0.364. The molecule has 5 nitrogen and oxygen atoms in total. The molecule has 0 aromatic heterocycles. The Labute approximate surface area is 202 Å². The molecule has 0 bridgehead atoms. The number of halogens is 4. The van der Waals surface area contributed by atoms with Crippen molar-refractivity contribution in [2.45, 2.75) is 45.8 Å². The van der Waals surface area contributed by atoms with E-state index >= 15 is 0 Å². The number of amides is 2. The van der Waals surface area contributed by atoms with E-state index in [1.807, 2.05) is 20.8 Å². The SMILES string of the molecule is CC[C@H](C(=O)NC(C)C)N(Cc1c(Cl)cccc1Cl)C(=O)COc1ccc(Cl)cc1Cl. The van der Waals surface area contributed by atoms with Crippen LogP contribution in [0.2, 0.25) is 20.1 Å². The quantitative estimate of drug-likeness (QED) is 0.453. The Morgan fingerprint density at radius 3 is 2.23 bits per heavy atom. The van der Waals surface area contributed by atoms with Gasteiger partial charge in [-0.15, -0.1) is 0 Å². The minimum Gasteiger partial charge on any atom is -0.482 e. The molecule has 2 amide bonds. The van der Waals surface area contributed by atoms with Crippen molar-refractivity contribution in [1.29, 1.82) is 0 Å². The largest absolute Gasteiger partial charge is 0.482 e. The van der Waals surface area contributed by atoms with Crippen LogP contribution in [0, 0.1) is 0 Å². The summed E-state index contributed by atoms with van der Waals surface area (Å²) in [5, 5.41) is 4.41. The third-order valence-corrected chi connectivity index (χ3v) is 5.69. The highest BCUT2D eigenvalue weighted by Crippen LogP contribution is 2.29. The Kier molecular flexibility index (Phi) is 9.76. The van der Waals surface area contributed by atoms with E-state index in [2.05, 4.69) is 5.32 Å². The number of benzene rings is 2. The molecule has 9 heteroatoms. The second-order valence-corrected chi connectivity index (χ2v) is 8.83. The Morgan fingerprint density at radius 2 is 1.68 bits per heavy atom. The molecule has 2 rings (SSSR count). The number of nitrogens with one attached hydrogen (secondary N) is 1. The van der Waals surface area contributed by atoms with Gasteiger partial charge in [-0.05, 0) is 50.6 Å². The Balaban J connectivity index is 2.30. The Morgan fingerprint density at radius 1 is 1.03 bits per heavy atom. The molecule has 1 N–H and O–H groups in total. The van der Waals surface area contributed by atoms with Crippen LogP contribution in [0.1, 0.15) is 32.8 Å². The molecule has 0 aliphatic rings. The summed E-state index contributed by atoms with van der Waals surface area (Å²) in [4.78, 5) is 27.4. The number of hydrogen-bond donors (Lipinski definition) is 1. The molecule has 2 aromatic rings. The summed E-state index contributed by atoms with van der Waals surface area (Å²) in [6.07, 6.45) is 0.397. The predicted octanol–water partition coefficient (Wildman–Crippen LogP) is 6.01. The summed E-state index contributed by atoms with van der Waals surface area (Å²) in [6.45, 7) is 5.27. The van der Waals surface area contributed by atoms with Crippen molar-refractivity contribution in [2.75, 3.05) is 6.61 Å². The number of nitrogens with zero attached hydrogens (tertiary/aromatic N) is 1. The third kappa shape index (κ3) is 7.18. The molecule has 0 aliphatic heterocycles. The van der Waals surface area contributed by atoms with Gasteiger partial charge in [0.15, 0.2) is 6.61 Å². The van der Waals surface area contributed by atoms with E-state index in [1.165, 1.54) is 11.0 Å². The van der Waals surface area contributed by atoms with Crippen LogP contribution in [0.25, 0.3) is 0 Å². The fourth-order valence-corrected chi connectivity index (χ4v) is 3.95. The second kappa shape index (κ2) is 11.8. The van der Waals surface area contributed by atoms with Gasteiger partial charge in [-0.2, -0.15) is 0 Å². The van der Waals surface area contributed by atoms with Crippen molar-refractivity contribution in [3.63, 3.8) is 0 Å². The number of hydrogen-bond acceptors (Lipinski definition) is 3. The lowest BCUT2D eigenvalue weighted by Crippen LogP contribution is -2.51. The minimum atomic E-state index is -0.730. The van der Waals surface area contributed by atoms with E-state index in [1.54, 1.807) is 30.3 Å². The van der Waals surface area contributed by atoms with Crippen LogP contribution in [0.5, 0.6) is 5.75 Å². The molecule has 0 radical (unpaired) electrons. The van der Waals surface area contributed by atoms with Crippen LogP contribution in [0.3, 0.4) is 0 Å². The smallest absolute Gasteiger partial charge is 0.261 e. The number of carbonyl (C=O) groups excluding carboxylic acids is 2. The van der Waals surface area contributed by atoms with Crippen LogP contribution in [-0.4, -0.2) is 35.4 Å². The van der Waals surface area contributed by atoms with Crippen molar-refractivity contribution in [3.8, 4) is 5.75 Å². The van der Waals surface area contributed by atoms with Gasteiger partial charge < -0.3 is 15.0 Å². The topological polar surface area (TPSA) is 58.6 Å².